The van der Waals surface area contributed by atoms with Crippen molar-refractivity contribution in [3.05, 3.63) is 34.4 Å². The number of aromatic nitrogens is 1. The van der Waals surface area contributed by atoms with Crippen molar-refractivity contribution in [3.63, 3.8) is 0 Å². The molecule has 2 aromatic rings. The van der Waals surface area contributed by atoms with Crippen LogP contribution in [0.2, 0.25) is 0 Å². The number of hydrogen-bond donors (Lipinski definition) is 0. The third-order valence-corrected chi connectivity index (χ3v) is 3.97. The molecule has 0 unspecified atom stereocenters. The van der Waals surface area contributed by atoms with Crippen LogP contribution in [0.1, 0.15) is 10.5 Å². The molecule has 0 spiro atoms. The molecule has 0 aliphatic carbocycles. The van der Waals surface area contributed by atoms with Crippen LogP contribution in [0.4, 0.5) is 8.78 Å². The molecule has 0 atom stereocenters. The molecule has 1 aliphatic rings. The number of carbonyl (C=O) groups excluding carboxylic acids is 1. The van der Waals surface area contributed by atoms with Crippen molar-refractivity contribution in [1.82, 2.24) is 9.47 Å². The van der Waals surface area contributed by atoms with Gasteiger partial charge in [0.25, 0.3) is 11.8 Å². The lowest BCUT2D eigenvalue weighted by atomic mass is 10.1. The zero-order valence-electron chi connectivity index (χ0n) is 11.3. The van der Waals surface area contributed by atoms with E-state index in [0.29, 0.717) is 5.69 Å². The molecular formula is C14H13BrF2N2O2. The standard InChI is InChI=1S/C14H13BrF2N2O2/c1-21-8-19-11-5-10(15)3-2-9(11)4-12(19)13(20)18-6-14(16,17)7-18/h2-5H,6-8H2,1H3. The van der Waals surface area contributed by atoms with Gasteiger partial charge in [0.1, 0.15) is 12.4 Å². The van der Waals surface area contributed by atoms with Crippen molar-refractivity contribution < 1.29 is 18.3 Å². The fraction of sp³-hybridized carbons (Fsp3) is 0.357. The summed E-state index contributed by atoms with van der Waals surface area (Å²) in [7, 11) is 1.52. The maximum absolute atomic E-state index is 12.9. The Morgan fingerprint density at radius 2 is 2.10 bits per heavy atom. The predicted octanol–water partition coefficient (Wildman–Crippen LogP) is 3.10. The average molecular weight is 359 g/mol. The van der Waals surface area contributed by atoms with Gasteiger partial charge in [-0.2, -0.15) is 0 Å². The normalized spacial score (nSPS) is 17.0. The van der Waals surface area contributed by atoms with Crippen molar-refractivity contribution in [1.29, 1.82) is 0 Å². The van der Waals surface area contributed by atoms with Gasteiger partial charge in [0.2, 0.25) is 0 Å². The van der Waals surface area contributed by atoms with E-state index in [9.17, 15) is 13.6 Å². The van der Waals surface area contributed by atoms with Crippen molar-refractivity contribution in [2.24, 2.45) is 0 Å². The quantitative estimate of drug-likeness (QED) is 0.844. The number of fused-ring (bicyclic) bond motifs is 1. The van der Waals surface area contributed by atoms with Gasteiger partial charge in [-0.3, -0.25) is 4.79 Å². The van der Waals surface area contributed by atoms with Crippen LogP contribution in [0, 0.1) is 0 Å². The van der Waals surface area contributed by atoms with Crippen LogP contribution < -0.4 is 0 Å². The molecular weight excluding hydrogens is 346 g/mol. The molecule has 1 fully saturated rings. The Morgan fingerprint density at radius 1 is 1.38 bits per heavy atom. The number of nitrogens with zero attached hydrogens (tertiary/aromatic N) is 2. The van der Waals surface area contributed by atoms with E-state index in [-0.39, 0.29) is 6.73 Å². The number of halogens is 3. The minimum Gasteiger partial charge on any atom is -0.364 e. The molecule has 21 heavy (non-hydrogen) atoms. The van der Waals surface area contributed by atoms with E-state index in [2.05, 4.69) is 15.9 Å². The van der Waals surface area contributed by atoms with Gasteiger partial charge in [-0.25, -0.2) is 8.78 Å². The highest BCUT2D eigenvalue weighted by molar-refractivity contribution is 9.10. The van der Waals surface area contributed by atoms with Crippen molar-refractivity contribution >= 4 is 32.7 Å². The van der Waals surface area contributed by atoms with Crippen LogP contribution >= 0.6 is 15.9 Å². The van der Waals surface area contributed by atoms with Crippen LogP contribution in [-0.2, 0) is 11.5 Å². The summed E-state index contributed by atoms with van der Waals surface area (Å²) in [6.45, 7) is -0.862. The summed E-state index contributed by atoms with van der Waals surface area (Å²) in [5.74, 6) is -3.16. The highest BCUT2D eigenvalue weighted by atomic mass is 79.9. The second-order valence-corrected chi connectivity index (χ2v) is 6.01. The molecule has 1 aliphatic heterocycles. The minimum absolute atomic E-state index is 0.186. The predicted molar refractivity (Wildman–Crippen MR) is 77.5 cm³/mol. The Hall–Kier alpha value is -1.47. The number of carbonyl (C=O) groups is 1. The molecule has 7 heteroatoms. The number of methoxy groups -OCH3 is 1. The third kappa shape index (κ3) is 2.55. The maximum Gasteiger partial charge on any atom is 0.282 e. The van der Waals surface area contributed by atoms with E-state index in [1.807, 2.05) is 18.2 Å². The number of benzene rings is 1. The van der Waals surface area contributed by atoms with Crippen LogP contribution in [0.5, 0.6) is 0 Å². The van der Waals surface area contributed by atoms with E-state index >= 15 is 0 Å². The van der Waals surface area contributed by atoms with Gasteiger partial charge in [0.15, 0.2) is 0 Å². The first kappa shape index (κ1) is 14.5. The highest BCUT2D eigenvalue weighted by Crippen LogP contribution is 2.30. The fourth-order valence-electron chi connectivity index (χ4n) is 2.49. The maximum atomic E-state index is 12.9. The largest absolute Gasteiger partial charge is 0.364 e. The second-order valence-electron chi connectivity index (χ2n) is 5.10. The first-order valence-electron chi connectivity index (χ1n) is 6.36. The molecule has 1 aromatic carbocycles. The summed E-state index contributed by atoms with van der Waals surface area (Å²) in [6.07, 6.45) is 0. The topological polar surface area (TPSA) is 34.5 Å². The first-order chi connectivity index (χ1) is 9.91. The summed E-state index contributed by atoms with van der Waals surface area (Å²) in [4.78, 5) is 13.5. The van der Waals surface area contributed by atoms with Gasteiger partial charge in [-0.05, 0) is 18.2 Å². The molecule has 0 bridgehead atoms. The molecule has 1 amide bonds. The minimum atomic E-state index is -2.77. The number of rotatable bonds is 3. The van der Waals surface area contributed by atoms with Crippen LogP contribution in [0.25, 0.3) is 10.9 Å². The number of alkyl halides is 2. The van der Waals surface area contributed by atoms with Crippen molar-refractivity contribution in [2.45, 2.75) is 12.7 Å². The first-order valence-corrected chi connectivity index (χ1v) is 7.15. The van der Waals surface area contributed by atoms with E-state index in [4.69, 9.17) is 4.74 Å². The molecule has 0 N–H and O–H groups in total. The zero-order valence-corrected chi connectivity index (χ0v) is 12.9. The van der Waals surface area contributed by atoms with Crippen LogP contribution in [0.3, 0.4) is 0 Å². The smallest absolute Gasteiger partial charge is 0.282 e. The van der Waals surface area contributed by atoms with Crippen LogP contribution in [-0.4, -0.2) is 41.5 Å². The van der Waals surface area contributed by atoms with Gasteiger partial charge in [0.05, 0.1) is 18.6 Å². The highest BCUT2D eigenvalue weighted by Gasteiger charge is 2.47. The van der Waals surface area contributed by atoms with E-state index in [1.165, 1.54) is 7.11 Å². The Morgan fingerprint density at radius 3 is 2.71 bits per heavy atom. The van der Waals surface area contributed by atoms with E-state index < -0.39 is 24.9 Å². The van der Waals surface area contributed by atoms with E-state index in [1.54, 1.807) is 10.6 Å². The Kier molecular flexibility index (Phi) is 3.49. The second kappa shape index (κ2) is 5.06. The van der Waals surface area contributed by atoms with Gasteiger partial charge in [0, 0.05) is 17.0 Å². The fourth-order valence-corrected chi connectivity index (χ4v) is 2.84. The molecule has 1 saturated heterocycles. The third-order valence-electron chi connectivity index (χ3n) is 3.48. The lowest BCUT2D eigenvalue weighted by molar-refractivity contribution is -0.113. The lowest BCUT2D eigenvalue weighted by Gasteiger charge is -2.38. The molecule has 0 saturated carbocycles. The SMILES string of the molecule is COCn1c(C(=O)N2CC(F)(F)C2)cc2ccc(Br)cc21. The Balaban J connectivity index is 2.01. The monoisotopic (exact) mass is 358 g/mol. The molecule has 0 radical (unpaired) electrons. The molecule has 112 valence electrons. The summed E-state index contributed by atoms with van der Waals surface area (Å²) >= 11 is 3.38. The zero-order chi connectivity index (χ0) is 15.2. The molecule has 3 rings (SSSR count). The van der Waals surface area contributed by atoms with Crippen molar-refractivity contribution in [2.75, 3.05) is 20.2 Å². The summed E-state index contributed by atoms with van der Waals surface area (Å²) in [5.41, 5.74) is 1.18. The lowest BCUT2D eigenvalue weighted by Crippen LogP contribution is -2.58. The molecule has 4 nitrogen and oxygen atoms in total. The van der Waals surface area contributed by atoms with Gasteiger partial charge >= 0.3 is 0 Å². The average Bonchev–Trinajstić information content (AvgIpc) is 2.74. The summed E-state index contributed by atoms with van der Waals surface area (Å²) < 4.78 is 33.6. The van der Waals surface area contributed by atoms with Gasteiger partial charge in [-0.1, -0.05) is 22.0 Å². The Labute approximate surface area is 128 Å². The summed E-state index contributed by atoms with van der Waals surface area (Å²) in [6, 6.07) is 7.31. The Bertz CT molecular complexity index is 706. The molecule has 1 aromatic heterocycles. The van der Waals surface area contributed by atoms with E-state index in [0.717, 1.165) is 20.3 Å². The molecule has 2 heterocycles. The van der Waals surface area contributed by atoms with Crippen molar-refractivity contribution in [3.8, 4) is 0 Å². The number of amides is 1. The number of hydrogen-bond acceptors (Lipinski definition) is 2. The number of likely N-dealkylation sites (tertiary alicyclic amines) is 1. The van der Waals surface area contributed by atoms with Gasteiger partial charge < -0.3 is 14.2 Å². The number of ether oxygens (including phenoxy) is 1. The summed E-state index contributed by atoms with van der Waals surface area (Å²) in [5, 5.41) is 0.867. The van der Waals surface area contributed by atoms with Crippen LogP contribution in [0.15, 0.2) is 28.7 Å². The van der Waals surface area contributed by atoms with Gasteiger partial charge in [-0.15, -0.1) is 0 Å².